The molecule has 1 N–H and O–H groups in total. The molecule has 15 heavy (non-hydrogen) atoms. The Hall–Kier alpha value is -0.900. The van der Waals surface area contributed by atoms with Crippen LogP contribution >= 0.6 is 0 Å². The topological polar surface area (TPSA) is 50.7 Å². The molecule has 0 saturated carbocycles. The molecule has 0 fully saturated rings. The molecule has 86 valence electrons. The van der Waals surface area contributed by atoms with E-state index in [0.717, 1.165) is 0 Å². The third-order valence-corrected chi connectivity index (χ3v) is 2.47. The molecule has 4 heteroatoms. The summed E-state index contributed by atoms with van der Waals surface area (Å²) in [7, 11) is 1.63. The van der Waals surface area contributed by atoms with Crippen LogP contribution < -0.4 is 5.32 Å². The van der Waals surface area contributed by atoms with Crippen LogP contribution in [0, 0.1) is 5.41 Å². The van der Waals surface area contributed by atoms with Crippen LogP contribution in [0.3, 0.4) is 0 Å². The van der Waals surface area contributed by atoms with Crippen molar-refractivity contribution in [2.45, 2.75) is 46.3 Å². The fraction of sp³-hybridized carbons (Fsp3) is 0.818. The van der Waals surface area contributed by atoms with E-state index in [1.54, 1.807) is 21.0 Å². The fourth-order valence-electron chi connectivity index (χ4n) is 1.65. The van der Waals surface area contributed by atoms with Crippen molar-refractivity contribution in [2.24, 2.45) is 10.4 Å². The van der Waals surface area contributed by atoms with E-state index in [0.29, 0.717) is 5.84 Å². The number of carbonyl (C=O) groups is 1. The number of amidine groups is 1. The maximum atomic E-state index is 11.6. The van der Waals surface area contributed by atoms with E-state index in [9.17, 15) is 4.79 Å². The average Bonchev–Trinajstić information content (AvgIpc) is 2.24. The largest absolute Gasteiger partial charge is 0.373 e. The first-order chi connectivity index (χ1) is 6.68. The van der Waals surface area contributed by atoms with Crippen LogP contribution in [0.25, 0.3) is 0 Å². The van der Waals surface area contributed by atoms with Crippen molar-refractivity contribution in [2.75, 3.05) is 7.11 Å². The SMILES string of the molecule is COC(C1=NC(C)(C)C(=O)N1)C(C)(C)C. The Morgan fingerprint density at radius 2 is 1.93 bits per heavy atom. The minimum atomic E-state index is -0.669. The van der Waals surface area contributed by atoms with Gasteiger partial charge in [-0.2, -0.15) is 0 Å². The van der Waals surface area contributed by atoms with E-state index in [-0.39, 0.29) is 17.4 Å². The van der Waals surface area contributed by atoms with Crippen molar-refractivity contribution >= 4 is 11.7 Å². The molecular formula is C11H20N2O2. The monoisotopic (exact) mass is 212 g/mol. The van der Waals surface area contributed by atoms with Crippen LogP contribution in [0.5, 0.6) is 0 Å². The highest BCUT2D eigenvalue weighted by molar-refractivity contribution is 6.09. The molecule has 0 spiro atoms. The number of rotatable bonds is 2. The number of nitrogens with zero attached hydrogens (tertiary/aromatic N) is 1. The number of carbonyl (C=O) groups excluding carboxylic acids is 1. The molecule has 1 atom stereocenters. The lowest BCUT2D eigenvalue weighted by Crippen LogP contribution is -2.44. The standard InChI is InChI=1S/C11H20N2O2/c1-10(2,3)7(15-6)8-12-9(14)11(4,5)13-8/h7H,1-6H3,(H,12,13,14). The quantitative estimate of drug-likeness (QED) is 0.751. The summed E-state index contributed by atoms with van der Waals surface area (Å²) < 4.78 is 5.39. The van der Waals surface area contributed by atoms with Gasteiger partial charge in [-0.25, -0.2) is 0 Å². The smallest absolute Gasteiger partial charge is 0.252 e. The number of nitrogens with one attached hydrogen (secondary N) is 1. The molecule has 0 aliphatic carbocycles. The summed E-state index contributed by atoms with van der Waals surface area (Å²) >= 11 is 0. The summed E-state index contributed by atoms with van der Waals surface area (Å²) in [6, 6.07) is 0. The number of methoxy groups -OCH3 is 1. The van der Waals surface area contributed by atoms with Crippen LogP contribution in [0.1, 0.15) is 34.6 Å². The van der Waals surface area contributed by atoms with E-state index < -0.39 is 5.54 Å². The number of hydrogen-bond donors (Lipinski definition) is 1. The van der Waals surface area contributed by atoms with E-state index in [4.69, 9.17) is 4.74 Å². The second-order valence-corrected chi connectivity index (χ2v) is 5.49. The molecule has 0 bridgehead atoms. The van der Waals surface area contributed by atoms with Gasteiger partial charge in [0.25, 0.3) is 5.91 Å². The summed E-state index contributed by atoms with van der Waals surface area (Å²) in [6.45, 7) is 9.76. The molecule has 0 radical (unpaired) electrons. The zero-order valence-corrected chi connectivity index (χ0v) is 10.3. The van der Waals surface area contributed by atoms with Gasteiger partial charge >= 0.3 is 0 Å². The van der Waals surface area contributed by atoms with Crippen LogP contribution in [-0.4, -0.2) is 30.5 Å². The molecule has 1 rings (SSSR count). The van der Waals surface area contributed by atoms with Gasteiger partial charge in [0.15, 0.2) is 0 Å². The summed E-state index contributed by atoms with van der Waals surface area (Å²) in [4.78, 5) is 15.9. The zero-order valence-electron chi connectivity index (χ0n) is 10.3. The predicted octanol–water partition coefficient (Wildman–Crippen LogP) is 1.35. The average molecular weight is 212 g/mol. The lowest BCUT2D eigenvalue weighted by Gasteiger charge is -2.28. The summed E-state index contributed by atoms with van der Waals surface area (Å²) in [5, 5.41) is 2.79. The Bertz CT molecular complexity index is 300. The normalized spacial score (nSPS) is 22.3. The van der Waals surface area contributed by atoms with Gasteiger partial charge in [0.1, 0.15) is 17.5 Å². The van der Waals surface area contributed by atoms with Gasteiger partial charge < -0.3 is 10.1 Å². The first-order valence-corrected chi connectivity index (χ1v) is 5.12. The molecule has 1 aliphatic rings. The second kappa shape index (κ2) is 3.59. The maximum absolute atomic E-state index is 11.6. The minimum Gasteiger partial charge on any atom is -0.373 e. The number of hydrogen-bond acceptors (Lipinski definition) is 3. The van der Waals surface area contributed by atoms with Gasteiger partial charge in [-0.15, -0.1) is 0 Å². The van der Waals surface area contributed by atoms with E-state index in [1.807, 2.05) is 0 Å². The second-order valence-electron chi connectivity index (χ2n) is 5.49. The lowest BCUT2D eigenvalue weighted by molar-refractivity contribution is -0.122. The van der Waals surface area contributed by atoms with Crippen LogP contribution in [0.4, 0.5) is 0 Å². The lowest BCUT2D eigenvalue weighted by atomic mass is 9.88. The molecule has 1 unspecified atom stereocenters. The Morgan fingerprint density at radius 3 is 2.20 bits per heavy atom. The summed E-state index contributed by atoms with van der Waals surface area (Å²) in [5.74, 6) is 0.573. The van der Waals surface area contributed by atoms with Gasteiger partial charge in [-0.3, -0.25) is 9.79 Å². The fourth-order valence-corrected chi connectivity index (χ4v) is 1.65. The molecule has 1 heterocycles. The Labute approximate surface area is 91.1 Å². The number of amides is 1. The summed E-state index contributed by atoms with van der Waals surface area (Å²) in [5.41, 5.74) is -0.751. The number of ether oxygens (including phenoxy) is 1. The Kier molecular flexibility index (Phi) is 2.92. The Balaban J connectivity index is 2.95. The van der Waals surface area contributed by atoms with Crippen molar-refractivity contribution in [3.8, 4) is 0 Å². The van der Waals surface area contributed by atoms with E-state index in [1.165, 1.54) is 0 Å². The van der Waals surface area contributed by atoms with E-state index in [2.05, 4.69) is 31.1 Å². The molecule has 1 aliphatic heterocycles. The van der Waals surface area contributed by atoms with Crippen LogP contribution in [0.15, 0.2) is 4.99 Å². The van der Waals surface area contributed by atoms with E-state index >= 15 is 0 Å². The molecule has 0 saturated heterocycles. The molecule has 0 aromatic carbocycles. The molecule has 0 aromatic rings. The van der Waals surface area contributed by atoms with Crippen molar-refractivity contribution in [1.29, 1.82) is 0 Å². The van der Waals surface area contributed by atoms with Gasteiger partial charge in [0, 0.05) is 7.11 Å². The minimum absolute atomic E-state index is 0.0659. The third kappa shape index (κ3) is 2.37. The molecule has 0 aromatic heterocycles. The third-order valence-electron chi connectivity index (χ3n) is 2.47. The Morgan fingerprint density at radius 1 is 1.40 bits per heavy atom. The summed E-state index contributed by atoms with van der Waals surface area (Å²) in [6.07, 6.45) is -0.178. The first-order valence-electron chi connectivity index (χ1n) is 5.12. The van der Waals surface area contributed by atoms with Gasteiger partial charge in [0.2, 0.25) is 0 Å². The predicted molar refractivity (Wildman–Crippen MR) is 59.9 cm³/mol. The number of aliphatic imine (C=N–C) groups is 1. The highest BCUT2D eigenvalue weighted by Gasteiger charge is 2.40. The molecular weight excluding hydrogens is 192 g/mol. The van der Waals surface area contributed by atoms with Crippen molar-refractivity contribution in [3.63, 3.8) is 0 Å². The molecule has 4 nitrogen and oxygen atoms in total. The zero-order chi connectivity index (χ0) is 11.9. The maximum Gasteiger partial charge on any atom is 0.252 e. The van der Waals surface area contributed by atoms with Crippen LogP contribution in [-0.2, 0) is 9.53 Å². The van der Waals surface area contributed by atoms with Crippen molar-refractivity contribution in [3.05, 3.63) is 0 Å². The van der Waals surface area contributed by atoms with Crippen molar-refractivity contribution in [1.82, 2.24) is 5.32 Å². The highest BCUT2D eigenvalue weighted by atomic mass is 16.5. The molecule has 1 amide bonds. The first kappa shape index (κ1) is 12.2. The van der Waals surface area contributed by atoms with Crippen molar-refractivity contribution < 1.29 is 9.53 Å². The van der Waals surface area contributed by atoms with Gasteiger partial charge in [-0.1, -0.05) is 20.8 Å². The van der Waals surface area contributed by atoms with Crippen LogP contribution in [0.2, 0.25) is 0 Å². The van der Waals surface area contributed by atoms with Gasteiger partial charge in [-0.05, 0) is 19.3 Å². The van der Waals surface area contributed by atoms with Gasteiger partial charge in [0.05, 0.1) is 0 Å². The highest BCUT2D eigenvalue weighted by Crippen LogP contribution is 2.26.